The van der Waals surface area contributed by atoms with Crippen LogP contribution < -0.4 is 9.21 Å². The molecule has 8 heteroatoms. The van der Waals surface area contributed by atoms with Crippen LogP contribution in [0.25, 0.3) is 0 Å². The van der Waals surface area contributed by atoms with Gasteiger partial charge in [-0.1, -0.05) is 36.4 Å². The Morgan fingerprint density at radius 1 is 0.812 bits per heavy atom. The number of benzene rings is 3. The quantitative estimate of drug-likeness (QED) is 0.574. The largest absolute Gasteiger partial charge is 0.368 e. The highest BCUT2D eigenvalue weighted by Crippen LogP contribution is 2.24. The Labute approximate surface area is 187 Å². The van der Waals surface area contributed by atoms with Gasteiger partial charge in [-0.05, 0) is 48.5 Å². The molecule has 4 rings (SSSR count). The minimum absolute atomic E-state index is 0.0653. The molecule has 0 unspecified atom stereocenters. The van der Waals surface area contributed by atoms with Crippen molar-refractivity contribution in [2.45, 2.75) is 4.90 Å². The molecule has 0 radical (unpaired) electrons. The molecule has 0 aromatic heterocycles. The number of carbonyl (C=O) groups excluding carboxylic acids is 1. The van der Waals surface area contributed by atoms with E-state index in [0.29, 0.717) is 31.9 Å². The van der Waals surface area contributed by atoms with Gasteiger partial charge in [0.1, 0.15) is 12.4 Å². The van der Waals surface area contributed by atoms with Crippen molar-refractivity contribution in [1.82, 2.24) is 4.90 Å². The molecule has 0 aliphatic carbocycles. The summed E-state index contributed by atoms with van der Waals surface area (Å²) in [5.41, 5.74) is 1.48. The summed E-state index contributed by atoms with van der Waals surface area (Å²) in [4.78, 5) is 16.9. The number of hydrogen-bond acceptors (Lipinski definition) is 4. The van der Waals surface area contributed by atoms with E-state index in [1.165, 1.54) is 12.1 Å². The van der Waals surface area contributed by atoms with E-state index >= 15 is 0 Å². The summed E-state index contributed by atoms with van der Waals surface area (Å²) in [5, 5.41) is 0. The van der Waals surface area contributed by atoms with E-state index in [1.54, 1.807) is 35.2 Å². The second-order valence-corrected chi connectivity index (χ2v) is 9.37. The van der Waals surface area contributed by atoms with Crippen LogP contribution in [-0.4, -0.2) is 51.9 Å². The number of amides is 1. The Bertz CT molecular complexity index is 1150. The van der Waals surface area contributed by atoms with Gasteiger partial charge in [0.25, 0.3) is 10.0 Å². The van der Waals surface area contributed by atoms with E-state index in [1.807, 2.05) is 30.3 Å². The Balaban J connectivity index is 1.52. The maximum atomic E-state index is 13.3. The first-order valence-electron chi connectivity index (χ1n) is 10.4. The summed E-state index contributed by atoms with van der Waals surface area (Å²) in [5.74, 6) is -0.796. The number of halogens is 1. The van der Waals surface area contributed by atoms with Crippen molar-refractivity contribution in [1.29, 1.82) is 0 Å². The molecule has 6 nitrogen and oxygen atoms in total. The summed E-state index contributed by atoms with van der Waals surface area (Å²) in [6.45, 7) is 2.03. The first-order valence-corrected chi connectivity index (χ1v) is 11.8. The van der Waals surface area contributed by atoms with Gasteiger partial charge >= 0.3 is 0 Å². The van der Waals surface area contributed by atoms with E-state index in [0.717, 1.165) is 22.1 Å². The zero-order valence-electron chi connectivity index (χ0n) is 17.5. The Kier molecular flexibility index (Phi) is 6.41. The van der Waals surface area contributed by atoms with Crippen molar-refractivity contribution in [2.75, 3.05) is 41.9 Å². The molecule has 1 fully saturated rings. The van der Waals surface area contributed by atoms with Crippen molar-refractivity contribution in [3.63, 3.8) is 0 Å². The van der Waals surface area contributed by atoms with Gasteiger partial charge in [0, 0.05) is 31.9 Å². The van der Waals surface area contributed by atoms with E-state index in [4.69, 9.17) is 0 Å². The molecule has 1 aliphatic rings. The molecule has 1 amide bonds. The van der Waals surface area contributed by atoms with Crippen molar-refractivity contribution >= 4 is 27.3 Å². The minimum atomic E-state index is -4.05. The van der Waals surface area contributed by atoms with Crippen LogP contribution in [0.2, 0.25) is 0 Å². The summed E-state index contributed by atoms with van der Waals surface area (Å²) >= 11 is 0. The lowest BCUT2D eigenvalue weighted by molar-refractivity contribution is -0.129. The highest BCUT2D eigenvalue weighted by Gasteiger charge is 2.30. The molecule has 1 heterocycles. The monoisotopic (exact) mass is 453 g/mol. The number of carbonyl (C=O) groups is 1. The van der Waals surface area contributed by atoms with Gasteiger partial charge in [-0.15, -0.1) is 0 Å². The Morgan fingerprint density at radius 3 is 1.97 bits per heavy atom. The molecular formula is C24H24FN3O3S. The average molecular weight is 454 g/mol. The molecule has 0 spiro atoms. The maximum absolute atomic E-state index is 13.3. The molecule has 1 aliphatic heterocycles. The Morgan fingerprint density at radius 2 is 1.38 bits per heavy atom. The van der Waals surface area contributed by atoms with Crippen LogP contribution in [0, 0.1) is 5.82 Å². The lowest BCUT2D eigenvalue weighted by atomic mass is 10.2. The van der Waals surface area contributed by atoms with Crippen molar-refractivity contribution in [3.8, 4) is 0 Å². The highest BCUT2D eigenvalue weighted by atomic mass is 32.2. The molecule has 0 bridgehead atoms. The number of nitrogens with zero attached hydrogens (tertiary/aromatic N) is 3. The predicted octanol–water partition coefficient (Wildman–Crippen LogP) is 3.37. The third-order valence-corrected chi connectivity index (χ3v) is 7.27. The van der Waals surface area contributed by atoms with Crippen molar-refractivity contribution < 1.29 is 17.6 Å². The minimum Gasteiger partial charge on any atom is -0.368 e. The molecular weight excluding hydrogens is 429 g/mol. The van der Waals surface area contributed by atoms with Crippen molar-refractivity contribution in [2.24, 2.45) is 0 Å². The summed E-state index contributed by atoms with van der Waals surface area (Å²) in [6, 6.07) is 23.1. The molecule has 0 saturated carbocycles. The average Bonchev–Trinajstić information content (AvgIpc) is 2.84. The molecule has 0 atom stereocenters. The first kappa shape index (κ1) is 21.8. The van der Waals surface area contributed by atoms with Gasteiger partial charge in [0.2, 0.25) is 5.91 Å². The third-order valence-electron chi connectivity index (χ3n) is 5.48. The maximum Gasteiger partial charge on any atom is 0.264 e. The second kappa shape index (κ2) is 9.40. The standard InChI is InChI=1S/C24H24FN3O3S/c25-20-11-13-23(14-12-20)32(30,31)28(22-9-5-2-6-10-22)19-24(29)27-17-15-26(16-18-27)21-7-3-1-4-8-21/h1-14H,15-19H2. The normalized spacial score (nSPS) is 14.3. The van der Waals surface area contributed by atoms with Gasteiger partial charge in [-0.3, -0.25) is 9.10 Å². The molecule has 3 aromatic carbocycles. The van der Waals surface area contributed by atoms with Crippen LogP contribution in [0.4, 0.5) is 15.8 Å². The zero-order chi connectivity index (χ0) is 22.6. The van der Waals surface area contributed by atoms with Gasteiger partial charge in [-0.2, -0.15) is 0 Å². The molecule has 32 heavy (non-hydrogen) atoms. The Hall–Kier alpha value is -3.39. The topological polar surface area (TPSA) is 60.9 Å². The van der Waals surface area contributed by atoms with Crippen LogP contribution in [-0.2, 0) is 14.8 Å². The number of hydrogen-bond donors (Lipinski definition) is 0. The van der Waals surface area contributed by atoms with Crippen molar-refractivity contribution in [3.05, 3.63) is 90.7 Å². The van der Waals surface area contributed by atoms with Crippen LogP contribution in [0.5, 0.6) is 0 Å². The third kappa shape index (κ3) is 4.75. The molecule has 0 N–H and O–H groups in total. The number of anilines is 2. The zero-order valence-corrected chi connectivity index (χ0v) is 18.3. The highest BCUT2D eigenvalue weighted by molar-refractivity contribution is 7.92. The van der Waals surface area contributed by atoms with Gasteiger partial charge in [0.15, 0.2) is 0 Å². The van der Waals surface area contributed by atoms with Gasteiger partial charge in [-0.25, -0.2) is 12.8 Å². The van der Waals surface area contributed by atoms with E-state index in [9.17, 15) is 17.6 Å². The van der Waals surface area contributed by atoms with E-state index in [-0.39, 0.29) is 17.3 Å². The van der Waals surface area contributed by atoms with Gasteiger partial charge < -0.3 is 9.80 Å². The molecule has 3 aromatic rings. The van der Waals surface area contributed by atoms with Crippen LogP contribution in [0.15, 0.2) is 89.8 Å². The molecule has 1 saturated heterocycles. The summed E-state index contributed by atoms with van der Waals surface area (Å²) < 4.78 is 41.1. The van der Waals surface area contributed by atoms with Crippen LogP contribution in [0.1, 0.15) is 0 Å². The predicted molar refractivity (Wildman–Crippen MR) is 123 cm³/mol. The molecule has 166 valence electrons. The van der Waals surface area contributed by atoms with Crippen LogP contribution in [0.3, 0.4) is 0 Å². The van der Waals surface area contributed by atoms with E-state index in [2.05, 4.69) is 4.90 Å². The number of sulfonamides is 1. The fraction of sp³-hybridized carbons (Fsp3) is 0.208. The summed E-state index contributed by atoms with van der Waals surface area (Å²) in [7, 11) is -4.05. The van der Waals surface area contributed by atoms with Gasteiger partial charge in [0.05, 0.1) is 10.6 Å². The lowest BCUT2D eigenvalue weighted by Gasteiger charge is -2.37. The van der Waals surface area contributed by atoms with E-state index < -0.39 is 15.8 Å². The first-order chi connectivity index (χ1) is 15.4. The fourth-order valence-electron chi connectivity index (χ4n) is 3.72. The van der Waals surface area contributed by atoms with Crippen LogP contribution >= 0.6 is 0 Å². The SMILES string of the molecule is O=C(CN(c1ccccc1)S(=O)(=O)c1ccc(F)cc1)N1CCN(c2ccccc2)CC1. The fourth-order valence-corrected chi connectivity index (χ4v) is 5.13. The number of para-hydroxylation sites is 2. The lowest BCUT2D eigenvalue weighted by Crippen LogP contribution is -2.52. The number of rotatable bonds is 6. The number of piperazine rings is 1. The summed E-state index contributed by atoms with van der Waals surface area (Å²) in [6.07, 6.45) is 0. The smallest absolute Gasteiger partial charge is 0.264 e. The second-order valence-electron chi connectivity index (χ2n) is 7.50.